The fourth-order valence-electron chi connectivity index (χ4n) is 2.48. The molecule has 1 amide bonds. The molecule has 18 heavy (non-hydrogen) atoms. The minimum absolute atomic E-state index is 0.0218. The lowest BCUT2D eigenvalue weighted by atomic mass is 9.93. The first kappa shape index (κ1) is 12.0. The summed E-state index contributed by atoms with van der Waals surface area (Å²) in [6, 6.07) is 7.71. The number of nitrogens with zero attached hydrogens (tertiary/aromatic N) is 1. The molecule has 1 aromatic carbocycles. The van der Waals surface area contributed by atoms with Gasteiger partial charge in [-0.05, 0) is 24.1 Å². The van der Waals surface area contributed by atoms with Gasteiger partial charge in [0.15, 0.2) is 0 Å². The Balaban J connectivity index is 1.78. The Hall–Kier alpha value is -1.10. The molecule has 0 saturated carbocycles. The van der Waals surface area contributed by atoms with E-state index in [0.717, 1.165) is 30.1 Å². The first-order valence-electron chi connectivity index (χ1n) is 6.28. The van der Waals surface area contributed by atoms with Gasteiger partial charge in [-0.25, -0.2) is 5.43 Å². The molecular weight excluding hydrogens is 250 g/mol. The molecule has 3 rings (SSSR count). The molecule has 2 unspecified atom stereocenters. The van der Waals surface area contributed by atoms with Gasteiger partial charge in [-0.15, -0.1) is 0 Å². The Labute approximate surface area is 111 Å². The molecular formula is C13H16ClN3O. The molecule has 0 spiro atoms. The van der Waals surface area contributed by atoms with Crippen LogP contribution in [-0.2, 0) is 4.79 Å². The number of rotatable bonds is 2. The van der Waals surface area contributed by atoms with Crippen LogP contribution in [0.2, 0.25) is 5.02 Å². The van der Waals surface area contributed by atoms with Gasteiger partial charge in [-0.2, -0.15) is 0 Å². The smallest absolute Gasteiger partial charge is 0.229 e. The van der Waals surface area contributed by atoms with Crippen molar-refractivity contribution in [1.82, 2.24) is 15.8 Å². The van der Waals surface area contributed by atoms with Crippen molar-refractivity contribution >= 4 is 17.5 Å². The predicted molar refractivity (Wildman–Crippen MR) is 70.0 cm³/mol. The lowest BCUT2D eigenvalue weighted by Gasteiger charge is -2.34. The van der Waals surface area contributed by atoms with E-state index in [2.05, 4.69) is 10.9 Å². The maximum Gasteiger partial charge on any atom is 0.229 e. The SMILES string of the molecule is O=C(C1CNNC1c1ccc(Cl)cc1)N1CCC1. The molecule has 96 valence electrons. The maximum absolute atomic E-state index is 12.3. The molecule has 2 fully saturated rings. The van der Waals surface area contributed by atoms with Crippen molar-refractivity contribution in [3.63, 3.8) is 0 Å². The van der Waals surface area contributed by atoms with Crippen molar-refractivity contribution in [1.29, 1.82) is 0 Å². The average molecular weight is 266 g/mol. The Morgan fingerprint density at radius 1 is 1.28 bits per heavy atom. The largest absolute Gasteiger partial charge is 0.342 e. The second kappa shape index (κ2) is 4.88. The van der Waals surface area contributed by atoms with Crippen LogP contribution in [0.15, 0.2) is 24.3 Å². The molecule has 2 aliphatic heterocycles. The quantitative estimate of drug-likeness (QED) is 0.848. The van der Waals surface area contributed by atoms with E-state index in [9.17, 15) is 4.79 Å². The number of carbonyl (C=O) groups is 1. The number of nitrogens with one attached hydrogen (secondary N) is 2. The zero-order valence-corrected chi connectivity index (χ0v) is 10.8. The Kier molecular flexibility index (Phi) is 3.24. The lowest BCUT2D eigenvalue weighted by molar-refractivity contribution is -0.139. The highest BCUT2D eigenvalue weighted by Crippen LogP contribution is 2.28. The van der Waals surface area contributed by atoms with Crippen molar-refractivity contribution in [3.8, 4) is 0 Å². The van der Waals surface area contributed by atoms with Gasteiger partial charge < -0.3 is 4.90 Å². The second-order valence-electron chi connectivity index (χ2n) is 4.84. The van der Waals surface area contributed by atoms with E-state index in [1.165, 1.54) is 0 Å². The zero-order valence-electron chi connectivity index (χ0n) is 10.0. The first-order chi connectivity index (χ1) is 8.75. The number of hydrogen-bond donors (Lipinski definition) is 2. The molecule has 5 heteroatoms. The summed E-state index contributed by atoms with van der Waals surface area (Å²) in [7, 11) is 0. The van der Waals surface area contributed by atoms with E-state index >= 15 is 0 Å². The summed E-state index contributed by atoms with van der Waals surface area (Å²) in [5.41, 5.74) is 7.38. The van der Waals surface area contributed by atoms with Crippen LogP contribution in [0.4, 0.5) is 0 Å². The third kappa shape index (κ3) is 2.11. The van der Waals surface area contributed by atoms with Crippen LogP contribution < -0.4 is 10.9 Å². The van der Waals surface area contributed by atoms with Gasteiger partial charge >= 0.3 is 0 Å². The molecule has 2 N–H and O–H groups in total. The molecule has 1 aromatic rings. The fraction of sp³-hybridized carbons (Fsp3) is 0.462. The van der Waals surface area contributed by atoms with Gasteiger partial charge in [0, 0.05) is 24.7 Å². The van der Waals surface area contributed by atoms with E-state index in [1.54, 1.807) is 0 Å². The molecule has 0 aliphatic carbocycles. The number of hydrogen-bond acceptors (Lipinski definition) is 3. The van der Waals surface area contributed by atoms with Crippen LogP contribution in [0.3, 0.4) is 0 Å². The minimum atomic E-state index is -0.0218. The van der Waals surface area contributed by atoms with Crippen LogP contribution in [0.1, 0.15) is 18.0 Å². The van der Waals surface area contributed by atoms with Crippen molar-refractivity contribution in [2.75, 3.05) is 19.6 Å². The van der Waals surface area contributed by atoms with E-state index in [-0.39, 0.29) is 17.9 Å². The van der Waals surface area contributed by atoms with Crippen LogP contribution in [0.5, 0.6) is 0 Å². The minimum Gasteiger partial charge on any atom is -0.342 e. The van der Waals surface area contributed by atoms with Crippen molar-refractivity contribution in [3.05, 3.63) is 34.9 Å². The summed E-state index contributed by atoms with van der Waals surface area (Å²) >= 11 is 5.89. The number of amides is 1. The second-order valence-corrected chi connectivity index (χ2v) is 5.28. The normalized spacial score (nSPS) is 27.1. The lowest BCUT2D eigenvalue weighted by Crippen LogP contribution is -2.46. The van der Waals surface area contributed by atoms with E-state index in [4.69, 9.17) is 11.6 Å². The van der Waals surface area contributed by atoms with E-state index in [0.29, 0.717) is 6.54 Å². The molecule has 0 bridgehead atoms. The van der Waals surface area contributed by atoms with E-state index < -0.39 is 0 Å². The Morgan fingerprint density at radius 2 is 2.00 bits per heavy atom. The number of halogens is 1. The molecule has 2 atom stereocenters. The molecule has 0 radical (unpaired) electrons. The maximum atomic E-state index is 12.3. The summed E-state index contributed by atoms with van der Waals surface area (Å²) in [4.78, 5) is 14.2. The topological polar surface area (TPSA) is 44.4 Å². The average Bonchev–Trinajstić information content (AvgIpc) is 2.76. The molecule has 2 heterocycles. The van der Waals surface area contributed by atoms with Crippen LogP contribution in [0.25, 0.3) is 0 Å². The van der Waals surface area contributed by atoms with Crippen LogP contribution >= 0.6 is 11.6 Å². The van der Waals surface area contributed by atoms with Gasteiger partial charge in [0.25, 0.3) is 0 Å². The summed E-state index contributed by atoms with van der Waals surface area (Å²) < 4.78 is 0. The van der Waals surface area contributed by atoms with Crippen LogP contribution in [0, 0.1) is 5.92 Å². The first-order valence-corrected chi connectivity index (χ1v) is 6.66. The van der Waals surface area contributed by atoms with Gasteiger partial charge in [0.05, 0.1) is 12.0 Å². The molecule has 4 nitrogen and oxygen atoms in total. The number of likely N-dealkylation sites (tertiary alicyclic amines) is 1. The fourth-order valence-corrected chi connectivity index (χ4v) is 2.61. The monoisotopic (exact) mass is 265 g/mol. The van der Waals surface area contributed by atoms with Crippen molar-refractivity contribution in [2.24, 2.45) is 5.92 Å². The van der Waals surface area contributed by atoms with Crippen molar-refractivity contribution < 1.29 is 4.79 Å². The highest BCUT2D eigenvalue weighted by molar-refractivity contribution is 6.30. The van der Waals surface area contributed by atoms with Gasteiger partial charge in [0.1, 0.15) is 0 Å². The molecule has 2 saturated heterocycles. The van der Waals surface area contributed by atoms with Crippen molar-refractivity contribution in [2.45, 2.75) is 12.5 Å². The summed E-state index contributed by atoms with van der Waals surface area (Å²) in [6.07, 6.45) is 1.13. The predicted octanol–water partition coefficient (Wildman–Crippen LogP) is 1.34. The van der Waals surface area contributed by atoms with Gasteiger partial charge in [0.2, 0.25) is 5.91 Å². The number of hydrazine groups is 1. The zero-order chi connectivity index (χ0) is 12.5. The molecule has 0 aromatic heterocycles. The third-order valence-electron chi connectivity index (χ3n) is 3.70. The standard InChI is InChI=1S/C13H16ClN3O/c14-10-4-2-9(3-5-10)12-11(8-15-16-12)13(18)17-6-1-7-17/h2-5,11-12,15-16H,1,6-8H2. The summed E-state index contributed by atoms with van der Waals surface area (Å²) in [6.45, 7) is 2.49. The Morgan fingerprint density at radius 3 is 2.61 bits per heavy atom. The summed E-state index contributed by atoms with van der Waals surface area (Å²) in [5.74, 6) is 0.227. The Bertz CT molecular complexity index is 444. The third-order valence-corrected chi connectivity index (χ3v) is 3.95. The van der Waals surface area contributed by atoms with Gasteiger partial charge in [-0.3, -0.25) is 10.2 Å². The highest BCUT2D eigenvalue weighted by Gasteiger charge is 2.37. The highest BCUT2D eigenvalue weighted by atomic mass is 35.5. The number of benzene rings is 1. The van der Waals surface area contributed by atoms with Crippen LogP contribution in [-0.4, -0.2) is 30.4 Å². The van der Waals surface area contributed by atoms with E-state index in [1.807, 2.05) is 29.2 Å². The van der Waals surface area contributed by atoms with Gasteiger partial charge in [-0.1, -0.05) is 23.7 Å². The number of carbonyl (C=O) groups excluding carboxylic acids is 1. The molecule has 2 aliphatic rings. The summed E-state index contributed by atoms with van der Waals surface area (Å²) in [5, 5.41) is 0.718.